The third kappa shape index (κ3) is 2.79. The summed E-state index contributed by atoms with van der Waals surface area (Å²) < 4.78 is 2.36. The van der Waals surface area contributed by atoms with Gasteiger partial charge in [0.2, 0.25) is 5.91 Å². The lowest BCUT2D eigenvalue weighted by molar-refractivity contribution is -0.123. The smallest absolute Gasteiger partial charge is 0.332 e. The molecule has 1 unspecified atom stereocenters. The van der Waals surface area contributed by atoms with Gasteiger partial charge in [0.05, 0.1) is 0 Å². The SMILES string of the molecule is CCCn1c(N)c(NC2CCCNC2=O)c(=O)n(C)c1=O. The molecule has 1 saturated heterocycles. The number of amides is 1. The highest BCUT2D eigenvalue weighted by Gasteiger charge is 2.25. The van der Waals surface area contributed by atoms with E-state index in [0.717, 1.165) is 11.0 Å². The minimum absolute atomic E-state index is 0.0864. The topological polar surface area (TPSA) is 111 Å². The van der Waals surface area contributed by atoms with Crippen LogP contribution in [0.1, 0.15) is 26.2 Å². The highest BCUT2D eigenvalue weighted by molar-refractivity contribution is 5.86. The molecule has 1 aromatic heterocycles. The number of aromatic nitrogens is 2. The maximum atomic E-state index is 12.2. The minimum atomic E-state index is -0.511. The molecule has 2 heterocycles. The van der Waals surface area contributed by atoms with E-state index in [0.29, 0.717) is 25.9 Å². The molecule has 1 aliphatic rings. The average Bonchev–Trinajstić information content (AvgIpc) is 2.48. The quantitative estimate of drug-likeness (QED) is 0.675. The van der Waals surface area contributed by atoms with Gasteiger partial charge in [0, 0.05) is 20.1 Å². The Kier molecular flexibility index (Phi) is 4.35. The van der Waals surface area contributed by atoms with Crippen LogP contribution in [0.2, 0.25) is 0 Å². The molecule has 0 spiro atoms. The number of nitrogens with zero attached hydrogens (tertiary/aromatic N) is 2. The van der Waals surface area contributed by atoms with Crippen molar-refractivity contribution in [1.29, 1.82) is 0 Å². The molecule has 1 aliphatic heterocycles. The molecule has 0 aromatic carbocycles. The molecule has 8 heteroatoms. The number of nitrogens with two attached hydrogens (primary N) is 1. The van der Waals surface area contributed by atoms with Crippen LogP contribution in [0.5, 0.6) is 0 Å². The van der Waals surface area contributed by atoms with Crippen molar-refractivity contribution < 1.29 is 4.79 Å². The maximum Gasteiger partial charge on any atom is 0.332 e. The number of hydrogen-bond acceptors (Lipinski definition) is 5. The molecule has 0 radical (unpaired) electrons. The van der Waals surface area contributed by atoms with E-state index in [-0.39, 0.29) is 17.4 Å². The summed E-state index contributed by atoms with van der Waals surface area (Å²) in [4.78, 5) is 36.1. The van der Waals surface area contributed by atoms with Crippen LogP contribution < -0.4 is 27.6 Å². The standard InChI is InChI=1S/C13H21N5O3/c1-3-7-18-10(14)9(12(20)17(2)13(18)21)16-8-5-4-6-15-11(8)19/h8,16H,3-7,14H2,1-2H3,(H,15,19). The van der Waals surface area contributed by atoms with E-state index in [1.807, 2.05) is 6.92 Å². The zero-order valence-electron chi connectivity index (χ0n) is 12.3. The fourth-order valence-corrected chi connectivity index (χ4v) is 2.44. The van der Waals surface area contributed by atoms with Crippen molar-refractivity contribution >= 4 is 17.4 Å². The van der Waals surface area contributed by atoms with Crippen LogP contribution in [0.4, 0.5) is 11.5 Å². The number of nitrogen functional groups attached to an aromatic ring is 1. The monoisotopic (exact) mass is 295 g/mol. The van der Waals surface area contributed by atoms with Crippen LogP contribution in [0.25, 0.3) is 0 Å². The summed E-state index contributed by atoms with van der Waals surface area (Å²) in [5.41, 5.74) is 5.12. The lowest BCUT2D eigenvalue weighted by atomic mass is 10.1. The number of nitrogens with one attached hydrogen (secondary N) is 2. The predicted molar refractivity (Wildman–Crippen MR) is 80.3 cm³/mol. The largest absolute Gasteiger partial charge is 0.383 e. The van der Waals surface area contributed by atoms with Crippen molar-refractivity contribution in [3.8, 4) is 0 Å². The van der Waals surface area contributed by atoms with Gasteiger partial charge in [-0.25, -0.2) is 4.79 Å². The molecule has 4 N–H and O–H groups in total. The van der Waals surface area contributed by atoms with Gasteiger partial charge in [-0.2, -0.15) is 0 Å². The predicted octanol–water partition coefficient (Wildman–Crippen LogP) is -0.770. The highest BCUT2D eigenvalue weighted by Crippen LogP contribution is 2.15. The molecule has 1 amide bonds. The molecule has 1 fully saturated rings. The van der Waals surface area contributed by atoms with Gasteiger partial charge in [0.1, 0.15) is 17.5 Å². The first-order valence-corrected chi connectivity index (χ1v) is 7.11. The van der Waals surface area contributed by atoms with Gasteiger partial charge in [-0.15, -0.1) is 0 Å². The summed E-state index contributed by atoms with van der Waals surface area (Å²) in [6, 6.07) is -0.499. The Balaban J connectivity index is 2.45. The number of anilines is 2. The van der Waals surface area contributed by atoms with Crippen LogP contribution in [-0.2, 0) is 18.4 Å². The summed E-state index contributed by atoms with van der Waals surface area (Å²) in [7, 11) is 1.41. The molecule has 2 rings (SSSR count). The first kappa shape index (κ1) is 15.1. The normalized spacial score (nSPS) is 18.4. The Morgan fingerprint density at radius 1 is 1.38 bits per heavy atom. The van der Waals surface area contributed by atoms with Crippen LogP contribution in [0, 0.1) is 0 Å². The van der Waals surface area contributed by atoms with E-state index in [1.165, 1.54) is 11.6 Å². The Morgan fingerprint density at radius 2 is 2.10 bits per heavy atom. The van der Waals surface area contributed by atoms with Crippen molar-refractivity contribution in [2.24, 2.45) is 7.05 Å². The van der Waals surface area contributed by atoms with Crippen LogP contribution >= 0.6 is 0 Å². The minimum Gasteiger partial charge on any atom is -0.383 e. The fourth-order valence-electron chi connectivity index (χ4n) is 2.44. The Bertz CT molecular complexity index is 661. The lowest BCUT2D eigenvalue weighted by Gasteiger charge is -2.24. The summed E-state index contributed by atoms with van der Waals surface area (Å²) >= 11 is 0. The van der Waals surface area contributed by atoms with E-state index in [2.05, 4.69) is 10.6 Å². The second-order valence-corrected chi connectivity index (χ2v) is 5.19. The zero-order valence-corrected chi connectivity index (χ0v) is 12.3. The van der Waals surface area contributed by atoms with E-state index >= 15 is 0 Å². The first-order chi connectivity index (χ1) is 9.97. The third-order valence-electron chi connectivity index (χ3n) is 3.63. The van der Waals surface area contributed by atoms with Crippen molar-refractivity contribution in [3.63, 3.8) is 0 Å². The van der Waals surface area contributed by atoms with E-state index < -0.39 is 17.3 Å². The number of carbonyl (C=O) groups is 1. The molecule has 1 atom stereocenters. The maximum absolute atomic E-state index is 12.2. The summed E-state index contributed by atoms with van der Waals surface area (Å²) in [6.45, 7) is 2.98. The van der Waals surface area contributed by atoms with Crippen molar-refractivity contribution in [2.75, 3.05) is 17.6 Å². The number of carbonyl (C=O) groups excluding carboxylic acids is 1. The van der Waals surface area contributed by atoms with Gasteiger partial charge in [-0.1, -0.05) is 6.92 Å². The molecule has 1 aromatic rings. The average molecular weight is 295 g/mol. The summed E-state index contributed by atoms with van der Waals surface area (Å²) in [5.74, 6) is -0.0701. The highest BCUT2D eigenvalue weighted by atomic mass is 16.2. The van der Waals surface area contributed by atoms with E-state index in [1.54, 1.807) is 0 Å². The number of rotatable bonds is 4. The molecular weight excluding hydrogens is 274 g/mol. The van der Waals surface area contributed by atoms with Gasteiger partial charge in [0.25, 0.3) is 5.56 Å². The zero-order chi connectivity index (χ0) is 15.6. The first-order valence-electron chi connectivity index (χ1n) is 7.11. The van der Waals surface area contributed by atoms with Crippen molar-refractivity contribution in [1.82, 2.24) is 14.5 Å². The second kappa shape index (κ2) is 6.02. The van der Waals surface area contributed by atoms with E-state index in [9.17, 15) is 14.4 Å². The Morgan fingerprint density at radius 3 is 2.71 bits per heavy atom. The number of piperidine rings is 1. The second-order valence-electron chi connectivity index (χ2n) is 5.19. The van der Waals surface area contributed by atoms with Crippen molar-refractivity contribution in [3.05, 3.63) is 20.8 Å². The van der Waals surface area contributed by atoms with Crippen molar-refractivity contribution in [2.45, 2.75) is 38.8 Å². The molecular formula is C13H21N5O3. The Hall–Kier alpha value is -2.25. The van der Waals surface area contributed by atoms with E-state index in [4.69, 9.17) is 5.73 Å². The molecule has 21 heavy (non-hydrogen) atoms. The summed E-state index contributed by atoms with van der Waals surface area (Å²) in [5, 5.41) is 5.64. The number of hydrogen-bond donors (Lipinski definition) is 3. The lowest BCUT2D eigenvalue weighted by Crippen LogP contribution is -2.47. The Labute approximate surface area is 121 Å². The molecule has 0 aliphatic carbocycles. The summed E-state index contributed by atoms with van der Waals surface area (Å²) in [6.07, 6.45) is 2.17. The molecule has 8 nitrogen and oxygen atoms in total. The van der Waals surface area contributed by atoms with Crippen LogP contribution in [0.3, 0.4) is 0 Å². The van der Waals surface area contributed by atoms with Gasteiger partial charge in [-0.3, -0.25) is 18.7 Å². The fraction of sp³-hybridized carbons (Fsp3) is 0.615. The molecule has 0 bridgehead atoms. The van der Waals surface area contributed by atoms with Gasteiger partial charge >= 0.3 is 5.69 Å². The third-order valence-corrected chi connectivity index (χ3v) is 3.63. The van der Waals surface area contributed by atoms with Crippen LogP contribution in [-0.4, -0.2) is 27.6 Å². The van der Waals surface area contributed by atoms with Gasteiger partial charge in [0.15, 0.2) is 0 Å². The van der Waals surface area contributed by atoms with Gasteiger partial charge in [-0.05, 0) is 19.3 Å². The van der Waals surface area contributed by atoms with Gasteiger partial charge < -0.3 is 16.4 Å². The van der Waals surface area contributed by atoms with Crippen LogP contribution in [0.15, 0.2) is 9.59 Å². The molecule has 116 valence electrons. The molecule has 0 saturated carbocycles.